The zero-order chi connectivity index (χ0) is 15.5. The van der Waals surface area contributed by atoms with E-state index in [-0.39, 0.29) is 0 Å². The summed E-state index contributed by atoms with van der Waals surface area (Å²) in [6, 6.07) is 6.00. The van der Waals surface area contributed by atoms with Gasteiger partial charge in [0.2, 0.25) is 0 Å². The summed E-state index contributed by atoms with van der Waals surface area (Å²) in [7, 11) is 3.35. The first kappa shape index (κ1) is 17.8. The fourth-order valence-corrected chi connectivity index (χ4v) is 2.44. The van der Waals surface area contributed by atoms with E-state index in [2.05, 4.69) is 30.1 Å². The molecule has 4 heteroatoms. The van der Waals surface area contributed by atoms with Crippen LogP contribution in [0.2, 0.25) is 0 Å². The van der Waals surface area contributed by atoms with Crippen molar-refractivity contribution in [2.45, 2.75) is 33.2 Å². The molecule has 0 aliphatic rings. The lowest BCUT2D eigenvalue weighted by Gasteiger charge is -2.17. The molecule has 1 aromatic carbocycles. The summed E-state index contributed by atoms with van der Waals surface area (Å²) in [5.41, 5.74) is 1.14. The van der Waals surface area contributed by atoms with E-state index in [0.29, 0.717) is 0 Å². The highest BCUT2D eigenvalue weighted by Crippen LogP contribution is 2.30. The zero-order valence-electron chi connectivity index (χ0n) is 13.9. The number of hydrogen-bond donors (Lipinski definition) is 1. The minimum Gasteiger partial charge on any atom is -0.493 e. The Morgan fingerprint density at radius 3 is 2.43 bits per heavy atom. The van der Waals surface area contributed by atoms with Crippen LogP contribution in [-0.4, -0.2) is 45.3 Å². The van der Waals surface area contributed by atoms with Crippen molar-refractivity contribution < 1.29 is 9.47 Å². The molecule has 0 amide bonds. The summed E-state index contributed by atoms with van der Waals surface area (Å²) in [5.74, 6) is 1.62. The second-order valence-corrected chi connectivity index (χ2v) is 5.06. The lowest BCUT2D eigenvalue weighted by Crippen LogP contribution is -2.25. The van der Waals surface area contributed by atoms with Gasteiger partial charge in [-0.1, -0.05) is 26.0 Å². The fourth-order valence-electron chi connectivity index (χ4n) is 2.44. The number of rotatable bonds is 11. The molecule has 0 heterocycles. The summed E-state index contributed by atoms with van der Waals surface area (Å²) in [6.07, 6.45) is 2.44. The molecule has 0 aliphatic heterocycles. The van der Waals surface area contributed by atoms with Crippen molar-refractivity contribution in [1.29, 1.82) is 0 Å². The number of unbranched alkanes of at least 4 members (excludes halogenated alkanes) is 1. The van der Waals surface area contributed by atoms with Crippen LogP contribution in [0.3, 0.4) is 0 Å². The quantitative estimate of drug-likeness (QED) is 0.636. The van der Waals surface area contributed by atoms with Crippen molar-refractivity contribution in [3.05, 3.63) is 23.8 Å². The fraction of sp³-hybridized carbons (Fsp3) is 0.647. The summed E-state index contributed by atoms with van der Waals surface area (Å²) < 4.78 is 10.7. The first-order chi connectivity index (χ1) is 10.3. The second kappa shape index (κ2) is 10.5. The number of benzene rings is 1. The smallest absolute Gasteiger partial charge is 0.165 e. The van der Waals surface area contributed by atoms with Gasteiger partial charge in [-0.15, -0.1) is 0 Å². The average Bonchev–Trinajstić information content (AvgIpc) is 2.53. The van der Waals surface area contributed by atoms with Crippen molar-refractivity contribution >= 4 is 0 Å². The normalized spacial score (nSPS) is 10.9. The van der Waals surface area contributed by atoms with Crippen LogP contribution < -0.4 is 14.8 Å². The van der Waals surface area contributed by atoms with E-state index in [1.165, 1.54) is 19.4 Å². The van der Waals surface area contributed by atoms with Crippen LogP contribution >= 0.6 is 0 Å². The largest absolute Gasteiger partial charge is 0.493 e. The highest BCUT2D eigenvalue weighted by atomic mass is 16.5. The van der Waals surface area contributed by atoms with Gasteiger partial charge in [0.1, 0.15) is 0 Å². The van der Waals surface area contributed by atoms with Crippen molar-refractivity contribution in [1.82, 2.24) is 10.2 Å². The lowest BCUT2D eigenvalue weighted by atomic mass is 10.2. The van der Waals surface area contributed by atoms with Gasteiger partial charge < -0.3 is 19.7 Å². The molecule has 0 fully saturated rings. The molecule has 0 radical (unpaired) electrons. The van der Waals surface area contributed by atoms with Crippen LogP contribution in [0.5, 0.6) is 11.5 Å². The summed E-state index contributed by atoms with van der Waals surface area (Å²) >= 11 is 0. The average molecular weight is 294 g/mol. The van der Waals surface area contributed by atoms with Crippen LogP contribution in [0, 0.1) is 0 Å². The van der Waals surface area contributed by atoms with E-state index in [0.717, 1.165) is 43.2 Å². The number of nitrogens with one attached hydrogen (secondary N) is 1. The van der Waals surface area contributed by atoms with Gasteiger partial charge in [0.25, 0.3) is 0 Å². The first-order valence-corrected chi connectivity index (χ1v) is 7.89. The van der Waals surface area contributed by atoms with Crippen LogP contribution in [0.25, 0.3) is 0 Å². The minimum absolute atomic E-state index is 0.790. The molecule has 1 rings (SSSR count). The van der Waals surface area contributed by atoms with Gasteiger partial charge in [0.05, 0.1) is 14.2 Å². The predicted molar refractivity (Wildman–Crippen MR) is 88.3 cm³/mol. The summed E-state index contributed by atoms with van der Waals surface area (Å²) in [5, 5.41) is 3.48. The van der Waals surface area contributed by atoms with Gasteiger partial charge in [0, 0.05) is 12.1 Å². The zero-order valence-corrected chi connectivity index (χ0v) is 13.9. The van der Waals surface area contributed by atoms with Crippen LogP contribution in [-0.2, 0) is 6.54 Å². The summed E-state index contributed by atoms with van der Waals surface area (Å²) in [4.78, 5) is 2.46. The molecule has 1 aromatic rings. The highest BCUT2D eigenvalue weighted by molar-refractivity contribution is 5.46. The Hall–Kier alpha value is -1.26. The van der Waals surface area contributed by atoms with Crippen LogP contribution in [0.15, 0.2) is 18.2 Å². The van der Waals surface area contributed by atoms with E-state index >= 15 is 0 Å². The highest BCUT2D eigenvalue weighted by Gasteiger charge is 2.08. The number of hydrogen-bond acceptors (Lipinski definition) is 4. The third-order valence-corrected chi connectivity index (χ3v) is 3.77. The first-order valence-electron chi connectivity index (χ1n) is 7.89. The monoisotopic (exact) mass is 294 g/mol. The van der Waals surface area contributed by atoms with Gasteiger partial charge in [-0.3, -0.25) is 0 Å². The molecule has 0 aromatic heterocycles. The molecule has 4 nitrogen and oxygen atoms in total. The van der Waals surface area contributed by atoms with E-state index in [9.17, 15) is 0 Å². The molecular weight excluding hydrogens is 264 g/mol. The Kier molecular flexibility index (Phi) is 8.87. The van der Waals surface area contributed by atoms with Crippen molar-refractivity contribution in [2.24, 2.45) is 0 Å². The Labute approximate surface area is 129 Å². The molecule has 0 saturated carbocycles. The maximum atomic E-state index is 5.43. The number of ether oxygens (including phenoxy) is 2. The van der Waals surface area contributed by atoms with Crippen LogP contribution in [0.1, 0.15) is 32.3 Å². The SMILES string of the molecule is CCN(CC)CCCCNCc1cccc(OC)c1OC. The van der Waals surface area contributed by atoms with E-state index in [4.69, 9.17) is 9.47 Å². The summed E-state index contributed by atoms with van der Waals surface area (Å²) in [6.45, 7) is 9.76. The maximum absolute atomic E-state index is 5.43. The molecule has 21 heavy (non-hydrogen) atoms. The van der Waals surface area contributed by atoms with Gasteiger partial charge >= 0.3 is 0 Å². The maximum Gasteiger partial charge on any atom is 0.165 e. The van der Waals surface area contributed by atoms with Crippen LogP contribution in [0.4, 0.5) is 0 Å². The number of methoxy groups -OCH3 is 2. The van der Waals surface area contributed by atoms with Crippen molar-refractivity contribution in [3.8, 4) is 11.5 Å². The number of para-hydroxylation sites is 1. The number of nitrogens with zero attached hydrogens (tertiary/aromatic N) is 1. The molecule has 0 unspecified atom stereocenters. The Balaban J connectivity index is 2.30. The van der Waals surface area contributed by atoms with E-state index < -0.39 is 0 Å². The second-order valence-electron chi connectivity index (χ2n) is 5.06. The molecule has 120 valence electrons. The lowest BCUT2D eigenvalue weighted by molar-refractivity contribution is 0.296. The third kappa shape index (κ3) is 5.94. The van der Waals surface area contributed by atoms with Gasteiger partial charge in [0.15, 0.2) is 11.5 Å². The Morgan fingerprint density at radius 1 is 1.05 bits per heavy atom. The standard InChI is InChI=1S/C17H30N2O2/c1-5-19(6-2)13-8-7-12-18-14-15-10-9-11-16(20-3)17(15)21-4/h9-11,18H,5-8,12-14H2,1-4H3. The van der Waals surface area contributed by atoms with Gasteiger partial charge in [-0.2, -0.15) is 0 Å². The molecule has 0 atom stereocenters. The molecule has 0 spiro atoms. The molecule has 0 aliphatic carbocycles. The molecular formula is C17H30N2O2. The van der Waals surface area contributed by atoms with E-state index in [1.807, 2.05) is 12.1 Å². The molecule has 1 N–H and O–H groups in total. The molecule has 0 saturated heterocycles. The predicted octanol–water partition coefficient (Wildman–Crippen LogP) is 2.92. The van der Waals surface area contributed by atoms with Gasteiger partial charge in [-0.25, -0.2) is 0 Å². The Morgan fingerprint density at radius 2 is 1.81 bits per heavy atom. The Bertz CT molecular complexity index is 392. The minimum atomic E-state index is 0.790. The van der Waals surface area contributed by atoms with Crippen molar-refractivity contribution in [2.75, 3.05) is 40.4 Å². The van der Waals surface area contributed by atoms with E-state index in [1.54, 1.807) is 14.2 Å². The third-order valence-electron chi connectivity index (χ3n) is 3.77. The topological polar surface area (TPSA) is 33.7 Å². The van der Waals surface area contributed by atoms with Crippen molar-refractivity contribution in [3.63, 3.8) is 0 Å². The molecule has 0 bridgehead atoms. The van der Waals surface area contributed by atoms with Gasteiger partial charge in [-0.05, 0) is 45.1 Å².